The maximum absolute atomic E-state index is 6.34. The van der Waals surface area contributed by atoms with E-state index in [0.29, 0.717) is 6.04 Å². The van der Waals surface area contributed by atoms with Crippen LogP contribution in [0, 0.1) is 0 Å². The molecule has 0 aliphatic rings. The van der Waals surface area contributed by atoms with Gasteiger partial charge in [0.1, 0.15) is 0 Å². The monoisotopic (exact) mass is 288 g/mol. The first kappa shape index (κ1) is 15.2. The molecule has 3 heteroatoms. The van der Waals surface area contributed by atoms with Crippen molar-refractivity contribution in [2.45, 2.75) is 31.8 Å². The van der Waals surface area contributed by atoms with Gasteiger partial charge in [0.05, 0.1) is 6.04 Å². The van der Waals surface area contributed by atoms with Gasteiger partial charge >= 0.3 is 0 Å². The Morgan fingerprint density at radius 3 is 2.55 bits per heavy atom. The Morgan fingerprint density at radius 1 is 1.20 bits per heavy atom. The van der Waals surface area contributed by atoms with Crippen LogP contribution in [0.5, 0.6) is 0 Å². The van der Waals surface area contributed by atoms with Crippen molar-refractivity contribution in [3.05, 3.63) is 58.3 Å². The van der Waals surface area contributed by atoms with E-state index in [9.17, 15) is 0 Å². The number of rotatable bonds is 7. The van der Waals surface area contributed by atoms with Crippen molar-refractivity contribution < 1.29 is 0 Å². The highest BCUT2D eigenvalue weighted by atomic mass is 32.1. The molecule has 0 saturated carbocycles. The van der Waals surface area contributed by atoms with Crippen LogP contribution in [0.4, 0.5) is 0 Å². The molecule has 2 atom stereocenters. The average molecular weight is 288 g/mol. The van der Waals surface area contributed by atoms with Crippen LogP contribution in [0.25, 0.3) is 0 Å². The zero-order valence-corrected chi connectivity index (χ0v) is 13.1. The summed E-state index contributed by atoms with van der Waals surface area (Å²) in [7, 11) is 2.18. The number of hydrogen-bond donors (Lipinski definition) is 1. The second kappa shape index (κ2) is 7.58. The number of nitrogens with zero attached hydrogens (tertiary/aromatic N) is 1. The van der Waals surface area contributed by atoms with Gasteiger partial charge in [-0.2, -0.15) is 11.3 Å². The van der Waals surface area contributed by atoms with Gasteiger partial charge in [0.15, 0.2) is 0 Å². The van der Waals surface area contributed by atoms with Crippen LogP contribution in [-0.2, 0) is 6.42 Å². The summed E-state index contributed by atoms with van der Waals surface area (Å²) in [6.45, 7) is 3.19. The van der Waals surface area contributed by atoms with Crippen LogP contribution in [0.3, 0.4) is 0 Å². The predicted octanol–water partition coefficient (Wildman–Crippen LogP) is 3.70. The lowest BCUT2D eigenvalue weighted by atomic mass is 9.98. The smallest absolute Gasteiger partial charge is 0.0504 e. The molecular formula is C17H24N2S. The standard InChI is InChI=1S/C17H24N2S/c1-3-16(18)17(15-10-12-20-13-15)19(2)11-9-14-7-5-4-6-8-14/h4-8,10,12-13,16-17H,3,9,11,18H2,1-2H3. The molecule has 0 spiro atoms. The van der Waals surface area contributed by atoms with Crippen LogP contribution >= 0.6 is 11.3 Å². The summed E-state index contributed by atoms with van der Waals surface area (Å²) < 4.78 is 0. The molecule has 1 heterocycles. The fourth-order valence-corrected chi connectivity index (χ4v) is 3.27. The Kier molecular flexibility index (Phi) is 5.77. The van der Waals surface area contributed by atoms with E-state index in [-0.39, 0.29) is 6.04 Å². The summed E-state index contributed by atoms with van der Waals surface area (Å²) in [6.07, 6.45) is 2.06. The van der Waals surface area contributed by atoms with Crippen molar-refractivity contribution in [2.24, 2.45) is 5.73 Å². The van der Waals surface area contributed by atoms with Crippen molar-refractivity contribution in [2.75, 3.05) is 13.6 Å². The van der Waals surface area contributed by atoms with Crippen LogP contribution in [0.2, 0.25) is 0 Å². The number of likely N-dealkylation sites (N-methyl/N-ethyl adjacent to an activating group) is 1. The molecule has 20 heavy (non-hydrogen) atoms. The van der Waals surface area contributed by atoms with Crippen LogP contribution in [0.1, 0.15) is 30.5 Å². The summed E-state index contributed by atoms with van der Waals surface area (Å²) in [6, 6.07) is 13.3. The van der Waals surface area contributed by atoms with Gasteiger partial charge in [-0.3, -0.25) is 4.90 Å². The minimum absolute atomic E-state index is 0.186. The topological polar surface area (TPSA) is 29.3 Å². The summed E-state index contributed by atoms with van der Waals surface area (Å²) in [5.74, 6) is 0. The van der Waals surface area contributed by atoms with E-state index < -0.39 is 0 Å². The van der Waals surface area contributed by atoms with Crippen molar-refractivity contribution >= 4 is 11.3 Å². The molecule has 0 saturated heterocycles. The molecule has 0 bridgehead atoms. The van der Waals surface area contributed by atoms with Gasteiger partial charge in [0, 0.05) is 12.6 Å². The van der Waals surface area contributed by atoms with Crippen LogP contribution in [-0.4, -0.2) is 24.5 Å². The van der Waals surface area contributed by atoms with Crippen LogP contribution in [0.15, 0.2) is 47.2 Å². The van der Waals surface area contributed by atoms with Crippen molar-refractivity contribution in [1.29, 1.82) is 0 Å². The van der Waals surface area contributed by atoms with Gasteiger partial charge in [0.25, 0.3) is 0 Å². The predicted molar refractivity (Wildman–Crippen MR) is 88.1 cm³/mol. The Morgan fingerprint density at radius 2 is 1.95 bits per heavy atom. The fraction of sp³-hybridized carbons (Fsp3) is 0.412. The summed E-state index contributed by atoms with van der Waals surface area (Å²) in [5.41, 5.74) is 9.07. The second-order valence-corrected chi connectivity index (χ2v) is 6.07. The van der Waals surface area contributed by atoms with Crippen LogP contribution < -0.4 is 5.73 Å². The Bertz CT molecular complexity index is 481. The lowest BCUT2D eigenvalue weighted by molar-refractivity contribution is 0.212. The molecule has 0 amide bonds. The number of benzene rings is 1. The zero-order valence-electron chi connectivity index (χ0n) is 12.3. The minimum atomic E-state index is 0.186. The van der Waals surface area contributed by atoms with Gasteiger partial charge < -0.3 is 5.73 Å². The highest BCUT2D eigenvalue weighted by Gasteiger charge is 2.23. The zero-order chi connectivity index (χ0) is 14.4. The van der Waals surface area contributed by atoms with E-state index in [1.807, 2.05) is 0 Å². The molecule has 1 aromatic heterocycles. The molecule has 0 radical (unpaired) electrons. The number of thiophene rings is 1. The van der Waals surface area contributed by atoms with Gasteiger partial charge in [-0.05, 0) is 47.8 Å². The maximum Gasteiger partial charge on any atom is 0.0504 e. The molecular weight excluding hydrogens is 264 g/mol. The highest BCUT2D eigenvalue weighted by Crippen LogP contribution is 2.26. The Balaban J connectivity index is 2.02. The van der Waals surface area contributed by atoms with E-state index in [4.69, 9.17) is 5.73 Å². The summed E-state index contributed by atoms with van der Waals surface area (Å²) >= 11 is 1.75. The first-order valence-corrected chi connectivity index (χ1v) is 8.18. The second-order valence-electron chi connectivity index (χ2n) is 5.29. The van der Waals surface area contributed by atoms with Gasteiger partial charge in [0.2, 0.25) is 0 Å². The van der Waals surface area contributed by atoms with Gasteiger partial charge in [-0.25, -0.2) is 0 Å². The molecule has 0 aliphatic heterocycles. The summed E-state index contributed by atoms with van der Waals surface area (Å²) in [5, 5.41) is 4.36. The third-order valence-electron chi connectivity index (χ3n) is 3.83. The Labute approximate surface area is 126 Å². The first-order valence-electron chi connectivity index (χ1n) is 7.24. The first-order chi connectivity index (χ1) is 9.72. The Hall–Kier alpha value is -1.16. The molecule has 2 rings (SSSR count). The quantitative estimate of drug-likeness (QED) is 0.841. The largest absolute Gasteiger partial charge is 0.326 e. The lowest BCUT2D eigenvalue weighted by Gasteiger charge is -2.32. The minimum Gasteiger partial charge on any atom is -0.326 e. The third-order valence-corrected chi connectivity index (χ3v) is 4.53. The SMILES string of the molecule is CCC(N)C(c1ccsc1)N(C)CCc1ccccc1. The van der Waals surface area contributed by atoms with E-state index in [0.717, 1.165) is 19.4 Å². The van der Waals surface area contributed by atoms with Crippen molar-refractivity contribution in [3.63, 3.8) is 0 Å². The van der Waals surface area contributed by atoms with E-state index in [1.165, 1.54) is 11.1 Å². The molecule has 0 fully saturated rings. The van der Waals surface area contributed by atoms with Crippen molar-refractivity contribution in [1.82, 2.24) is 4.90 Å². The fourth-order valence-electron chi connectivity index (χ4n) is 2.58. The molecule has 2 nitrogen and oxygen atoms in total. The number of nitrogens with two attached hydrogens (primary N) is 1. The summed E-state index contributed by atoms with van der Waals surface area (Å²) in [4.78, 5) is 2.39. The average Bonchev–Trinajstić information content (AvgIpc) is 3.00. The van der Waals surface area contributed by atoms with Gasteiger partial charge in [-0.15, -0.1) is 0 Å². The molecule has 0 aliphatic carbocycles. The normalized spacial score (nSPS) is 14.4. The molecule has 2 unspecified atom stereocenters. The van der Waals surface area contributed by atoms with Gasteiger partial charge in [-0.1, -0.05) is 37.3 Å². The van der Waals surface area contributed by atoms with E-state index >= 15 is 0 Å². The molecule has 1 aromatic carbocycles. The van der Waals surface area contributed by atoms with Crippen molar-refractivity contribution in [3.8, 4) is 0 Å². The third kappa shape index (κ3) is 3.92. The molecule has 2 N–H and O–H groups in total. The molecule has 108 valence electrons. The maximum atomic E-state index is 6.34. The van der Waals surface area contributed by atoms with E-state index in [2.05, 4.69) is 66.0 Å². The van der Waals surface area contributed by atoms with E-state index in [1.54, 1.807) is 11.3 Å². The molecule has 2 aromatic rings. The highest BCUT2D eigenvalue weighted by molar-refractivity contribution is 7.07. The number of hydrogen-bond acceptors (Lipinski definition) is 3. The lowest BCUT2D eigenvalue weighted by Crippen LogP contribution is -2.39.